The number of amides is 1. The summed E-state index contributed by atoms with van der Waals surface area (Å²) in [5.74, 6) is -0.366. The van der Waals surface area contributed by atoms with Crippen LogP contribution in [0.1, 0.15) is 11.1 Å². The van der Waals surface area contributed by atoms with Gasteiger partial charge in [-0.25, -0.2) is 0 Å². The third kappa shape index (κ3) is 4.52. The standard InChI is InChI=1S/C21H18F3N3O/c22-21(23,24)18-7-4-8-19(14-18)26-9-11-27(12-10-26)20(28)17(15-25)13-16-5-2-1-3-6-16/h1-8,13-14H,9-12H2/b17-13+. The summed E-state index contributed by atoms with van der Waals surface area (Å²) in [5.41, 5.74) is 0.581. The van der Waals surface area contributed by atoms with Crippen molar-refractivity contribution >= 4 is 17.7 Å². The predicted molar refractivity (Wildman–Crippen MR) is 100 cm³/mol. The van der Waals surface area contributed by atoms with E-state index in [1.165, 1.54) is 6.07 Å². The van der Waals surface area contributed by atoms with E-state index in [1.807, 2.05) is 29.2 Å². The van der Waals surface area contributed by atoms with Crippen molar-refractivity contribution in [3.63, 3.8) is 0 Å². The largest absolute Gasteiger partial charge is 0.416 e. The molecule has 2 aromatic carbocycles. The Morgan fingerprint density at radius 1 is 1.00 bits per heavy atom. The van der Waals surface area contributed by atoms with Gasteiger partial charge in [0.25, 0.3) is 5.91 Å². The zero-order chi connectivity index (χ0) is 20.1. The first-order valence-corrected chi connectivity index (χ1v) is 8.77. The first-order valence-electron chi connectivity index (χ1n) is 8.77. The molecule has 1 aliphatic heterocycles. The molecule has 0 aromatic heterocycles. The van der Waals surface area contributed by atoms with E-state index < -0.39 is 11.7 Å². The van der Waals surface area contributed by atoms with Gasteiger partial charge in [-0.2, -0.15) is 18.4 Å². The number of nitrogens with zero attached hydrogens (tertiary/aromatic N) is 3. The smallest absolute Gasteiger partial charge is 0.368 e. The first-order chi connectivity index (χ1) is 13.4. The molecular formula is C21H18F3N3O. The SMILES string of the molecule is N#C/C(=C\c1ccccc1)C(=O)N1CCN(c2cccc(C(F)(F)F)c2)CC1. The number of hydrogen-bond donors (Lipinski definition) is 0. The van der Waals surface area contributed by atoms with Crippen molar-refractivity contribution in [2.75, 3.05) is 31.1 Å². The summed E-state index contributed by atoms with van der Waals surface area (Å²) in [5, 5.41) is 9.34. The molecule has 144 valence electrons. The maximum Gasteiger partial charge on any atom is 0.416 e. The van der Waals surface area contributed by atoms with Gasteiger partial charge in [-0.3, -0.25) is 4.79 Å². The normalized spacial score (nSPS) is 15.3. The van der Waals surface area contributed by atoms with Crippen molar-refractivity contribution in [3.05, 3.63) is 71.3 Å². The highest BCUT2D eigenvalue weighted by Gasteiger charge is 2.31. The number of nitriles is 1. The monoisotopic (exact) mass is 385 g/mol. The Morgan fingerprint density at radius 3 is 2.29 bits per heavy atom. The van der Waals surface area contributed by atoms with E-state index in [0.29, 0.717) is 31.9 Å². The number of halogens is 3. The van der Waals surface area contributed by atoms with Crippen LogP contribution in [0.25, 0.3) is 6.08 Å². The van der Waals surface area contributed by atoms with E-state index in [1.54, 1.807) is 29.2 Å². The summed E-state index contributed by atoms with van der Waals surface area (Å²) in [6.07, 6.45) is -2.85. The highest BCUT2D eigenvalue weighted by atomic mass is 19.4. The Kier molecular flexibility index (Phi) is 5.69. The third-order valence-corrected chi connectivity index (χ3v) is 4.57. The lowest BCUT2D eigenvalue weighted by Gasteiger charge is -2.36. The fourth-order valence-corrected chi connectivity index (χ4v) is 3.07. The Bertz CT molecular complexity index is 908. The van der Waals surface area contributed by atoms with Gasteiger partial charge >= 0.3 is 6.18 Å². The number of benzene rings is 2. The molecule has 0 N–H and O–H groups in total. The van der Waals surface area contributed by atoms with Gasteiger partial charge < -0.3 is 9.80 Å². The highest BCUT2D eigenvalue weighted by molar-refractivity contribution is 6.01. The number of carbonyl (C=O) groups is 1. The van der Waals surface area contributed by atoms with Gasteiger partial charge in [0, 0.05) is 31.9 Å². The molecule has 3 rings (SSSR count). The molecule has 0 bridgehead atoms. The molecule has 0 saturated carbocycles. The minimum absolute atomic E-state index is 0.0405. The molecule has 1 saturated heterocycles. The van der Waals surface area contributed by atoms with Gasteiger partial charge in [-0.05, 0) is 29.8 Å². The maximum atomic E-state index is 12.9. The number of carbonyl (C=O) groups excluding carboxylic acids is 1. The topological polar surface area (TPSA) is 47.3 Å². The molecule has 1 heterocycles. The zero-order valence-corrected chi connectivity index (χ0v) is 15.0. The summed E-state index contributed by atoms with van der Waals surface area (Å²) in [6.45, 7) is 1.47. The van der Waals surface area contributed by atoms with Gasteiger partial charge in [0.1, 0.15) is 11.6 Å². The lowest BCUT2D eigenvalue weighted by atomic mass is 10.1. The fourth-order valence-electron chi connectivity index (χ4n) is 3.07. The molecule has 0 radical (unpaired) electrons. The van der Waals surface area contributed by atoms with Crippen LogP contribution in [0.2, 0.25) is 0 Å². The van der Waals surface area contributed by atoms with E-state index in [-0.39, 0.29) is 11.5 Å². The lowest BCUT2D eigenvalue weighted by molar-refractivity contribution is -0.137. The van der Waals surface area contributed by atoms with Gasteiger partial charge in [0.15, 0.2) is 0 Å². The van der Waals surface area contributed by atoms with E-state index in [4.69, 9.17) is 0 Å². The highest BCUT2D eigenvalue weighted by Crippen LogP contribution is 2.31. The van der Waals surface area contributed by atoms with Crippen molar-refractivity contribution < 1.29 is 18.0 Å². The van der Waals surface area contributed by atoms with Crippen LogP contribution in [0.15, 0.2) is 60.2 Å². The molecule has 1 aliphatic rings. The van der Waals surface area contributed by atoms with Crippen LogP contribution in [0.5, 0.6) is 0 Å². The fraction of sp³-hybridized carbons (Fsp3) is 0.238. The van der Waals surface area contributed by atoms with E-state index in [9.17, 15) is 23.2 Å². The second kappa shape index (κ2) is 8.17. The molecule has 0 atom stereocenters. The second-order valence-electron chi connectivity index (χ2n) is 6.41. The third-order valence-electron chi connectivity index (χ3n) is 4.57. The average Bonchev–Trinajstić information content (AvgIpc) is 2.72. The van der Waals surface area contributed by atoms with Crippen molar-refractivity contribution in [2.24, 2.45) is 0 Å². The molecule has 2 aromatic rings. The number of hydrogen-bond acceptors (Lipinski definition) is 3. The van der Waals surface area contributed by atoms with Crippen LogP contribution in [0.4, 0.5) is 18.9 Å². The molecule has 28 heavy (non-hydrogen) atoms. The molecule has 1 amide bonds. The predicted octanol–water partition coefficient (Wildman–Crippen LogP) is 3.96. The Labute approximate surface area is 161 Å². The Hall–Kier alpha value is -3.27. The summed E-state index contributed by atoms with van der Waals surface area (Å²) in [6, 6.07) is 16.2. The summed E-state index contributed by atoms with van der Waals surface area (Å²) in [4.78, 5) is 16.0. The summed E-state index contributed by atoms with van der Waals surface area (Å²) in [7, 11) is 0. The maximum absolute atomic E-state index is 12.9. The minimum Gasteiger partial charge on any atom is -0.368 e. The minimum atomic E-state index is -4.39. The van der Waals surface area contributed by atoms with Gasteiger partial charge in [0.05, 0.1) is 5.56 Å². The van der Waals surface area contributed by atoms with E-state index >= 15 is 0 Å². The van der Waals surface area contributed by atoms with Crippen LogP contribution in [0.3, 0.4) is 0 Å². The molecule has 0 unspecified atom stereocenters. The second-order valence-corrected chi connectivity index (χ2v) is 6.41. The molecule has 1 fully saturated rings. The average molecular weight is 385 g/mol. The molecule has 0 spiro atoms. The van der Waals surface area contributed by atoms with Crippen LogP contribution in [0, 0.1) is 11.3 Å². The van der Waals surface area contributed by atoms with Crippen molar-refractivity contribution in [3.8, 4) is 6.07 Å². The number of piperazine rings is 1. The van der Waals surface area contributed by atoms with Crippen LogP contribution >= 0.6 is 0 Å². The molecular weight excluding hydrogens is 367 g/mol. The quantitative estimate of drug-likeness (QED) is 0.594. The van der Waals surface area contributed by atoms with Crippen LogP contribution in [-0.2, 0) is 11.0 Å². The first kappa shape index (κ1) is 19.5. The molecule has 4 nitrogen and oxygen atoms in total. The Morgan fingerprint density at radius 2 is 1.68 bits per heavy atom. The van der Waals surface area contributed by atoms with Crippen molar-refractivity contribution in [2.45, 2.75) is 6.18 Å². The van der Waals surface area contributed by atoms with Gasteiger partial charge in [-0.1, -0.05) is 36.4 Å². The van der Waals surface area contributed by atoms with Crippen molar-refractivity contribution in [1.29, 1.82) is 5.26 Å². The number of rotatable bonds is 3. The Balaban J connectivity index is 1.67. The van der Waals surface area contributed by atoms with E-state index in [0.717, 1.165) is 17.7 Å². The van der Waals surface area contributed by atoms with Crippen molar-refractivity contribution in [1.82, 2.24) is 4.90 Å². The van der Waals surface area contributed by atoms with Gasteiger partial charge in [0.2, 0.25) is 0 Å². The van der Waals surface area contributed by atoms with Crippen LogP contribution < -0.4 is 4.90 Å². The number of alkyl halides is 3. The van der Waals surface area contributed by atoms with Gasteiger partial charge in [-0.15, -0.1) is 0 Å². The van der Waals surface area contributed by atoms with E-state index in [2.05, 4.69) is 0 Å². The zero-order valence-electron chi connectivity index (χ0n) is 15.0. The lowest BCUT2D eigenvalue weighted by Crippen LogP contribution is -2.49. The van der Waals surface area contributed by atoms with Crippen LogP contribution in [-0.4, -0.2) is 37.0 Å². The molecule has 0 aliphatic carbocycles. The summed E-state index contributed by atoms with van der Waals surface area (Å²) < 4.78 is 38.7. The summed E-state index contributed by atoms with van der Waals surface area (Å²) >= 11 is 0. The number of anilines is 1. The molecule has 7 heteroatoms.